The van der Waals surface area contributed by atoms with Crippen LogP contribution in [0.15, 0.2) is 53.7 Å². The Morgan fingerprint density at radius 1 is 1.00 bits per heavy atom. The fourth-order valence-electron chi connectivity index (χ4n) is 4.99. The van der Waals surface area contributed by atoms with Crippen molar-refractivity contribution in [1.29, 1.82) is 0 Å². The van der Waals surface area contributed by atoms with Crippen LogP contribution in [0.5, 0.6) is 11.5 Å². The molecular weight excluding hydrogens is 508 g/mol. The van der Waals surface area contributed by atoms with Crippen LogP contribution in [-0.4, -0.2) is 48.4 Å². The van der Waals surface area contributed by atoms with Gasteiger partial charge in [-0.2, -0.15) is 13.2 Å². The average molecular weight is 535 g/mol. The molecular formula is C27H26F4N2O5. The van der Waals surface area contributed by atoms with Crippen molar-refractivity contribution < 1.29 is 41.4 Å². The maximum atomic E-state index is 15.0. The van der Waals surface area contributed by atoms with Gasteiger partial charge in [0.1, 0.15) is 5.82 Å². The molecule has 1 aliphatic heterocycles. The Labute approximate surface area is 216 Å². The van der Waals surface area contributed by atoms with E-state index >= 15 is 0 Å². The van der Waals surface area contributed by atoms with E-state index in [1.807, 2.05) is 5.32 Å². The Kier molecular flexibility index (Phi) is 6.75. The van der Waals surface area contributed by atoms with Crippen LogP contribution in [0.3, 0.4) is 0 Å². The molecule has 0 saturated heterocycles. The van der Waals surface area contributed by atoms with Gasteiger partial charge in [-0.05, 0) is 47.7 Å². The number of hydrogen-bond donors (Lipinski definition) is 1. The van der Waals surface area contributed by atoms with E-state index in [-0.39, 0.29) is 42.1 Å². The molecule has 2 aromatic rings. The van der Waals surface area contributed by atoms with Gasteiger partial charge >= 0.3 is 6.18 Å². The molecule has 7 nitrogen and oxygen atoms in total. The molecule has 0 saturated carbocycles. The summed E-state index contributed by atoms with van der Waals surface area (Å²) in [6.07, 6.45) is -5.61. The first-order chi connectivity index (χ1) is 17.7. The predicted octanol–water partition coefficient (Wildman–Crippen LogP) is 4.56. The summed E-state index contributed by atoms with van der Waals surface area (Å²) in [5, 5.41) is 1.88. The summed E-state index contributed by atoms with van der Waals surface area (Å²) in [6, 6.07) is 8.66. The molecule has 38 heavy (non-hydrogen) atoms. The summed E-state index contributed by atoms with van der Waals surface area (Å²) in [4.78, 5) is 41.1. The van der Waals surface area contributed by atoms with E-state index in [4.69, 9.17) is 9.47 Å². The van der Waals surface area contributed by atoms with Gasteiger partial charge in [0.2, 0.25) is 5.54 Å². The van der Waals surface area contributed by atoms with E-state index in [0.717, 1.165) is 17.0 Å². The lowest BCUT2D eigenvalue weighted by atomic mass is 9.72. The first-order valence-corrected chi connectivity index (χ1v) is 11.7. The highest BCUT2D eigenvalue weighted by Gasteiger charge is 2.71. The normalized spacial score (nSPS) is 20.9. The summed E-state index contributed by atoms with van der Waals surface area (Å²) in [7, 11) is 2.65. The van der Waals surface area contributed by atoms with Crippen LogP contribution < -0.4 is 14.8 Å². The third-order valence-corrected chi connectivity index (χ3v) is 6.75. The van der Waals surface area contributed by atoms with Crippen LogP contribution in [0.25, 0.3) is 0 Å². The van der Waals surface area contributed by atoms with Crippen molar-refractivity contribution in [2.45, 2.75) is 44.9 Å². The largest absolute Gasteiger partial charge is 0.493 e. The van der Waals surface area contributed by atoms with Crippen molar-refractivity contribution in [1.82, 2.24) is 10.2 Å². The van der Waals surface area contributed by atoms with Crippen LogP contribution in [0.2, 0.25) is 0 Å². The molecule has 1 aliphatic carbocycles. The summed E-state index contributed by atoms with van der Waals surface area (Å²) >= 11 is 0. The number of ether oxygens (including phenoxy) is 2. The van der Waals surface area contributed by atoms with E-state index in [1.54, 1.807) is 13.8 Å². The highest BCUT2D eigenvalue weighted by molar-refractivity contribution is 6.14. The summed E-state index contributed by atoms with van der Waals surface area (Å²) in [5.74, 6) is -3.83. The molecule has 2 aromatic carbocycles. The van der Waals surface area contributed by atoms with E-state index in [9.17, 15) is 31.9 Å². The number of benzene rings is 2. The fourth-order valence-corrected chi connectivity index (χ4v) is 4.99. The zero-order valence-corrected chi connectivity index (χ0v) is 21.2. The Morgan fingerprint density at radius 2 is 1.63 bits per heavy atom. The number of nitrogens with one attached hydrogen (secondary N) is 1. The second kappa shape index (κ2) is 9.45. The van der Waals surface area contributed by atoms with Gasteiger partial charge in [0.05, 0.1) is 26.3 Å². The monoisotopic (exact) mass is 534 g/mol. The van der Waals surface area contributed by atoms with Gasteiger partial charge < -0.3 is 19.7 Å². The fraction of sp³-hybridized carbons (Fsp3) is 0.370. The van der Waals surface area contributed by atoms with Gasteiger partial charge in [-0.15, -0.1) is 0 Å². The zero-order valence-electron chi connectivity index (χ0n) is 21.2. The molecule has 0 bridgehead atoms. The smallest absolute Gasteiger partial charge is 0.425 e. The molecule has 0 spiro atoms. The topological polar surface area (TPSA) is 84.9 Å². The number of carbonyl (C=O) groups is 3. The van der Waals surface area contributed by atoms with Crippen molar-refractivity contribution in [2.24, 2.45) is 5.41 Å². The number of alkyl halides is 3. The van der Waals surface area contributed by atoms with Gasteiger partial charge in [-0.3, -0.25) is 14.4 Å². The van der Waals surface area contributed by atoms with Crippen molar-refractivity contribution in [3.8, 4) is 11.5 Å². The highest BCUT2D eigenvalue weighted by atomic mass is 19.4. The average Bonchev–Trinajstić information content (AvgIpc) is 3.07. The quantitative estimate of drug-likeness (QED) is 0.550. The van der Waals surface area contributed by atoms with Crippen molar-refractivity contribution in [3.63, 3.8) is 0 Å². The first kappa shape index (κ1) is 27.2. The molecule has 0 unspecified atom stereocenters. The third kappa shape index (κ3) is 4.50. The standard InChI is InChI=1S/C27H26F4N2O5/c1-25(2)12-18-22(19(34)13-25)26(27(29,30)31,24(36)33(18)14-15-5-8-17(28)9-6-15)32-23(35)16-7-10-20(37-3)21(11-16)38-4/h5-11H,12-14H2,1-4H3,(H,32,35)/t26-/m1/s1. The molecule has 1 N–H and O–H groups in total. The maximum Gasteiger partial charge on any atom is 0.425 e. The molecule has 4 rings (SSSR count). The maximum absolute atomic E-state index is 15.0. The second-order valence-electron chi connectivity index (χ2n) is 10.1. The third-order valence-electron chi connectivity index (χ3n) is 6.75. The molecule has 0 aromatic heterocycles. The van der Waals surface area contributed by atoms with E-state index in [1.165, 1.54) is 44.6 Å². The van der Waals surface area contributed by atoms with E-state index < -0.39 is 46.1 Å². The summed E-state index contributed by atoms with van der Waals surface area (Å²) in [6.45, 7) is 3.08. The van der Waals surface area contributed by atoms with Gasteiger partial charge in [0.15, 0.2) is 17.3 Å². The lowest BCUT2D eigenvalue weighted by Gasteiger charge is -2.35. The lowest BCUT2D eigenvalue weighted by molar-refractivity contribution is -0.190. The Morgan fingerprint density at radius 3 is 2.21 bits per heavy atom. The van der Waals surface area contributed by atoms with Crippen LogP contribution in [0.4, 0.5) is 17.6 Å². The Hall–Kier alpha value is -3.89. The Bertz CT molecular complexity index is 1330. The number of nitrogens with zero attached hydrogens (tertiary/aromatic N) is 1. The number of hydrogen-bond acceptors (Lipinski definition) is 5. The van der Waals surface area contributed by atoms with Gasteiger partial charge in [-0.25, -0.2) is 4.39 Å². The van der Waals surface area contributed by atoms with E-state index in [2.05, 4.69) is 0 Å². The minimum absolute atomic E-state index is 0.00886. The number of carbonyl (C=O) groups excluding carboxylic acids is 3. The number of amides is 2. The van der Waals surface area contributed by atoms with Crippen LogP contribution in [0, 0.1) is 11.2 Å². The summed E-state index contributed by atoms with van der Waals surface area (Å²) < 4.78 is 68.6. The number of rotatable bonds is 6. The number of Topliss-reactive ketones (excluding diaryl/α,β-unsaturated/α-hetero) is 1. The number of ketones is 1. The number of methoxy groups -OCH3 is 2. The van der Waals surface area contributed by atoms with Crippen molar-refractivity contribution in [3.05, 3.63) is 70.7 Å². The van der Waals surface area contributed by atoms with E-state index in [0.29, 0.717) is 5.56 Å². The predicted molar refractivity (Wildman–Crippen MR) is 128 cm³/mol. The molecule has 0 fully saturated rings. The second-order valence-corrected chi connectivity index (χ2v) is 10.1. The molecule has 0 radical (unpaired) electrons. The summed E-state index contributed by atoms with van der Waals surface area (Å²) in [5.41, 5.74) is -5.10. The minimum atomic E-state index is -5.36. The van der Waals surface area contributed by atoms with Gasteiger partial charge in [0.25, 0.3) is 11.8 Å². The van der Waals surface area contributed by atoms with Gasteiger partial charge in [-0.1, -0.05) is 26.0 Å². The molecule has 2 amide bonds. The first-order valence-electron chi connectivity index (χ1n) is 11.7. The van der Waals surface area contributed by atoms with Gasteiger partial charge in [0, 0.05) is 17.7 Å². The molecule has 2 aliphatic rings. The van der Waals surface area contributed by atoms with Crippen molar-refractivity contribution in [2.75, 3.05) is 14.2 Å². The van der Waals surface area contributed by atoms with Crippen LogP contribution in [0.1, 0.15) is 42.6 Å². The minimum Gasteiger partial charge on any atom is -0.493 e. The Balaban J connectivity index is 1.85. The number of allylic oxidation sites excluding steroid dienone is 1. The number of halogens is 4. The molecule has 1 heterocycles. The molecule has 11 heteroatoms. The zero-order chi connectivity index (χ0) is 28.0. The van der Waals surface area contributed by atoms with Crippen molar-refractivity contribution >= 4 is 17.6 Å². The SMILES string of the molecule is COc1ccc(C(=O)N[C@@]2(C(F)(F)F)C(=O)N(Cc3ccc(F)cc3)C3=C2C(=O)CC(C)(C)C3)cc1OC. The molecule has 1 atom stereocenters. The lowest BCUT2D eigenvalue weighted by Crippen LogP contribution is -2.66. The highest BCUT2D eigenvalue weighted by Crippen LogP contribution is 2.52. The molecule has 202 valence electrons. The van der Waals surface area contributed by atoms with Crippen LogP contribution >= 0.6 is 0 Å². The van der Waals surface area contributed by atoms with Crippen LogP contribution in [-0.2, 0) is 16.1 Å².